The van der Waals surface area contributed by atoms with Crippen molar-refractivity contribution in [2.75, 3.05) is 0 Å². The van der Waals surface area contributed by atoms with Gasteiger partial charge in [-0.2, -0.15) is 0 Å². The molecule has 0 spiro atoms. The van der Waals surface area contributed by atoms with Crippen LogP contribution in [0.1, 0.15) is 25.0 Å². The number of hydrogen-bond donors (Lipinski definition) is 0. The maximum atomic E-state index is 5.15. The zero-order valence-corrected chi connectivity index (χ0v) is 30.2. The summed E-state index contributed by atoms with van der Waals surface area (Å²) >= 11 is 5.48. The molecule has 0 atom stereocenters. The predicted octanol–water partition coefficient (Wildman–Crippen LogP) is 12.8. The van der Waals surface area contributed by atoms with Gasteiger partial charge in [-0.25, -0.2) is 15.0 Å². The monoisotopic (exact) mass is 708 g/mol. The Morgan fingerprint density at radius 2 is 1.14 bits per heavy atom. The quantitative estimate of drug-likeness (QED) is 0.183. The van der Waals surface area contributed by atoms with Gasteiger partial charge < -0.3 is 4.57 Å². The fourth-order valence-corrected chi connectivity index (χ4v) is 11.7. The molecule has 7 heteroatoms. The molecule has 0 amide bonds. The summed E-state index contributed by atoms with van der Waals surface area (Å²) in [6.07, 6.45) is 0. The van der Waals surface area contributed by atoms with E-state index in [2.05, 4.69) is 114 Å². The number of para-hydroxylation sites is 1. The van der Waals surface area contributed by atoms with E-state index in [9.17, 15) is 0 Å². The molecule has 0 radical (unpaired) electrons. The third-order valence-electron chi connectivity index (χ3n) is 10.5. The van der Waals surface area contributed by atoms with Crippen LogP contribution in [0.4, 0.5) is 0 Å². The van der Waals surface area contributed by atoms with Crippen LogP contribution >= 0.6 is 34.0 Å². The number of benzene rings is 5. The molecule has 1 aliphatic carbocycles. The smallest absolute Gasteiger partial charge is 0.165 e. The van der Waals surface area contributed by atoms with Crippen LogP contribution in [0.15, 0.2) is 132 Å². The number of fused-ring (bicyclic) bond motifs is 9. The molecule has 4 nitrogen and oxygen atoms in total. The van der Waals surface area contributed by atoms with E-state index in [0.29, 0.717) is 17.5 Å². The first-order chi connectivity index (χ1) is 25.0. The molecule has 0 unspecified atom stereocenters. The van der Waals surface area contributed by atoms with Gasteiger partial charge in [0.2, 0.25) is 0 Å². The first-order valence-corrected chi connectivity index (χ1v) is 19.6. The van der Waals surface area contributed by atoms with Crippen molar-refractivity contribution < 1.29 is 0 Å². The number of thiophene rings is 3. The molecule has 0 fully saturated rings. The van der Waals surface area contributed by atoms with Crippen LogP contribution in [0.25, 0.3) is 91.6 Å². The summed E-state index contributed by atoms with van der Waals surface area (Å²) in [5, 5.41) is 9.63. The second-order valence-electron chi connectivity index (χ2n) is 13.7. The topological polar surface area (TPSA) is 43.6 Å². The Kier molecular flexibility index (Phi) is 6.18. The van der Waals surface area contributed by atoms with Crippen LogP contribution in [0, 0.1) is 0 Å². The normalized spacial score (nSPS) is 13.5. The van der Waals surface area contributed by atoms with Crippen LogP contribution in [-0.2, 0) is 5.41 Å². The summed E-state index contributed by atoms with van der Waals surface area (Å²) in [6, 6.07) is 43.1. The van der Waals surface area contributed by atoms with Crippen molar-refractivity contribution >= 4 is 74.6 Å². The highest BCUT2D eigenvalue weighted by Gasteiger charge is 2.36. The fraction of sp³-hybridized carbons (Fsp3) is 0.0682. The van der Waals surface area contributed by atoms with Crippen molar-refractivity contribution in [3.63, 3.8) is 0 Å². The number of hydrogen-bond acceptors (Lipinski definition) is 6. The van der Waals surface area contributed by atoms with E-state index in [1.165, 1.54) is 68.5 Å². The van der Waals surface area contributed by atoms with Gasteiger partial charge in [-0.1, -0.05) is 117 Å². The minimum atomic E-state index is -0.0901. The van der Waals surface area contributed by atoms with E-state index < -0.39 is 0 Å². The van der Waals surface area contributed by atoms with Crippen LogP contribution in [0.2, 0.25) is 0 Å². The summed E-state index contributed by atoms with van der Waals surface area (Å²) in [5.41, 5.74) is 12.0. The van der Waals surface area contributed by atoms with Crippen molar-refractivity contribution in [2.24, 2.45) is 0 Å². The van der Waals surface area contributed by atoms with Gasteiger partial charge in [0.05, 0.1) is 24.7 Å². The summed E-state index contributed by atoms with van der Waals surface area (Å²) in [6.45, 7) is 4.73. The molecule has 0 aliphatic heterocycles. The highest BCUT2D eigenvalue weighted by molar-refractivity contribution is 7.48. The highest BCUT2D eigenvalue weighted by atomic mass is 32.2. The Labute approximate surface area is 306 Å². The molecular formula is C44H28N4S3. The van der Waals surface area contributed by atoms with Gasteiger partial charge in [0.1, 0.15) is 0 Å². The Morgan fingerprint density at radius 3 is 1.90 bits per heavy atom. The summed E-state index contributed by atoms with van der Waals surface area (Å²) in [7, 11) is 0. The average molecular weight is 709 g/mol. The van der Waals surface area contributed by atoms with Gasteiger partial charge >= 0.3 is 0 Å². The van der Waals surface area contributed by atoms with E-state index in [1.54, 1.807) is 11.3 Å². The molecular weight excluding hydrogens is 681 g/mol. The molecule has 242 valence electrons. The minimum Gasteiger partial charge on any atom is -0.308 e. The van der Waals surface area contributed by atoms with Gasteiger partial charge in [-0.3, -0.25) is 0 Å². The maximum Gasteiger partial charge on any atom is 0.165 e. The lowest BCUT2D eigenvalue weighted by Crippen LogP contribution is -2.14. The van der Waals surface area contributed by atoms with Crippen LogP contribution < -0.4 is 0 Å². The third kappa shape index (κ3) is 4.20. The molecule has 0 bridgehead atoms. The van der Waals surface area contributed by atoms with Crippen molar-refractivity contribution in [3.8, 4) is 51.0 Å². The summed E-state index contributed by atoms with van der Waals surface area (Å²) in [5.74, 6) is 2.05. The summed E-state index contributed by atoms with van der Waals surface area (Å²) < 4.78 is 5.11. The van der Waals surface area contributed by atoms with Crippen LogP contribution in [0.3, 0.4) is 0 Å². The van der Waals surface area contributed by atoms with Gasteiger partial charge in [0, 0.05) is 54.4 Å². The first kappa shape index (κ1) is 29.3. The molecule has 0 saturated heterocycles. The van der Waals surface area contributed by atoms with Gasteiger partial charge in [0.25, 0.3) is 0 Å². The van der Waals surface area contributed by atoms with E-state index >= 15 is 0 Å². The molecule has 1 aliphatic rings. The average Bonchev–Trinajstić information content (AvgIpc) is 3.97. The number of nitrogens with zero attached hydrogens (tertiary/aromatic N) is 4. The van der Waals surface area contributed by atoms with E-state index in [4.69, 9.17) is 15.0 Å². The van der Waals surface area contributed by atoms with Gasteiger partial charge in [-0.05, 0) is 40.5 Å². The lowest BCUT2D eigenvalue weighted by atomic mass is 9.82. The minimum absolute atomic E-state index is 0.0901. The molecule has 0 saturated carbocycles. The fourth-order valence-electron chi connectivity index (χ4n) is 8.05. The van der Waals surface area contributed by atoms with Crippen LogP contribution in [-0.4, -0.2) is 19.5 Å². The number of rotatable bonds is 4. The van der Waals surface area contributed by atoms with Gasteiger partial charge in [0.15, 0.2) is 17.5 Å². The largest absolute Gasteiger partial charge is 0.308 e. The number of aromatic nitrogens is 4. The highest BCUT2D eigenvalue weighted by Crippen LogP contribution is 2.53. The molecule has 10 aromatic rings. The predicted molar refractivity (Wildman–Crippen MR) is 217 cm³/mol. The van der Waals surface area contributed by atoms with E-state index in [0.717, 1.165) is 16.7 Å². The standard InChI is InChI=1S/C44H28N4S3/c1-44(2)32-19-11-9-17-27(32)29-21-30-28-18-10-12-20-34(28)48(35(30)22-33(29)44)36-24-50-43-38(36)37-31(23-49-42(37)51-43)41-46-39(25-13-5-3-6-14-25)45-40(47-41)26-15-7-4-8-16-26/h3-24H,1-2H3. The van der Waals surface area contributed by atoms with Crippen LogP contribution in [0.5, 0.6) is 0 Å². The Bertz CT molecular complexity index is 2940. The molecule has 0 N–H and O–H groups in total. The Hall–Kier alpha value is -5.47. The molecule has 5 heterocycles. The second-order valence-corrected chi connectivity index (χ2v) is 17.0. The van der Waals surface area contributed by atoms with Crippen molar-refractivity contribution in [3.05, 3.63) is 143 Å². The second kappa shape index (κ2) is 10.8. The lowest BCUT2D eigenvalue weighted by molar-refractivity contribution is 0.661. The van der Waals surface area contributed by atoms with E-state index in [1.807, 2.05) is 59.1 Å². The zero-order valence-electron chi connectivity index (χ0n) is 27.7. The Balaban J connectivity index is 1.18. The molecule has 11 rings (SSSR count). The SMILES string of the molecule is CC1(C)c2ccccc2-c2cc3c4ccccc4n(-c4csc5sc6scc(-c7nc(-c8ccccc8)nc(-c8ccccc8)n7)c6c45)c3cc21. The molecule has 51 heavy (non-hydrogen) atoms. The summed E-state index contributed by atoms with van der Waals surface area (Å²) in [4.78, 5) is 15.3. The maximum absolute atomic E-state index is 5.15. The first-order valence-electron chi connectivity index (χ1n) is 17.0. The zero-order chi connectivity index (χ0) is 33.8. The third-order valence-corrected chi connectivity index (χ3v) is 13.9. The van der Waals surface area contributed by atoms with Crippen molar-refractivity contribution in [1.29, 1.82) is 0 Å². The molecule has 5 aromatic heterocycles. The van der Waals surface area contributed by atoms with Crippen molar-refractivity contribution in [1.82, 2.24) is 19.5 Å². The molecule has 5 aromatic carbocycles. The van der Waals surface area contributed by atoms with Gasteiger partial charge in [-0.15, -0.1) is 34.0 Å². The Morgan fingerprint density at radius 1 is 0.510 bits per heavy atom. The lowest BCUT2D eigenvalue weighted by Gasteiger charge is -2.21. The van der Waals surface area contributed by atoms with E-state index in [-0.39, 0.29) is 5.41 Å². The van der Waals surface area contributed by atoms with Crippen molar-refractivity contribution in [2.45, 2.75) is 19.3 Å².